The fraction of sp³-hybridized carbons (Fsp3) is 0.786. The maximum atomic E-state index is 12.3. The van der Waals surface area contributed by atoms with E-state index >= 15 is 0 Å². The van der Waals surface area contributed by atoms with E-state index in [1.54, 1.807) is 0 Å². The highest BCUT2D eigenvalue weighted by atomic mass is 16.5. The summed E-state index contributed by atoms with van der Waals surface area (Å²) in [5, 5.41) is 8.19. The standard InChI is InChI=1S/C14H22N4O2/c19-14-6-2-3-7-17-9-12(15-16-17)10-20-11-13-5-1-4-8-18(13)14/h9,13H,1-8,10-11H2. The molecule has 0 aliphatic carbocycles. The maximum Gasteiger partial charge on any atom is 0.222 e. The normalized spacial score (nSPS) is 25.3. The molecule has 1 amide bonds. The lowest BCUT2D eigenvalue weighted by Gasteiger charge is -2.35. The van der Waals surface area contributed by atoms with Crippen LogP contribution in [-0.2, 0) is 22.7 Å². The molecule has 20 heavy (non-hydrogen) atoms. The summed E-state index contributed by atoms with van der Waals surface area (Å²) < 4.78 is 7.59. The van der Waals surface area contributed by atoms with Crippen molar-refractivity contribution in [2.45, 2.75) is 57.7 Å². The third-order valence-electron chi connectivity index (χ3n) is 4.12. The first-order valence-electron chi connectivity index (χ1n) is 7.59. The zero-order valence-corrected chi connectivity index (χ0v) is 11.8. The summed E-state index contributed by atoms with van der Waals surface area (Å²) in [6.45, 7) is 2.81. The van der Waals surface area contributed by atoms with Crippen LogP contribution < -0.4 is 0 Å². The SMILES string of the molecule is O=C1CCCCn2cc(nn2)COCC2CCCCN12. The van der Waals surface area contributed by atoms with Crippen LogP contribution in [0.5, 0.6) is 0 Å². The largest absolute Gasteiger partial charge is 0.373 e. The van der Waals surface area contributed by atoms with E-state index in [1.165, 1.54) is 6.42 Å². The van der Waals surface area contributed by atoms with Crippen molar-refractivity contribution >= 4 is 5.91 Å². The summed E-state index contributed by atoms with van der Waals surface area (Å²) in [6, 6.07) is 0.243. The van der Waals surface area contributed by atoms with Crippen LogP contribution in [0.3, 0.4) is 0 Å². The Hall–Kier alpha value is -1.43. The lowest BCUT2D eigenvalue weighted by Crippen LogP contribution is -2.46. The number of carbonyl (C=O) groups is 1. The van der Waals surface area contributed by atoms with Gasteiger partial charge in [-0.05, 0) is 32.1 Å². The smallest absolute Gasteiger partial charge is 0.222 e. The molecule has 0 radical (unpaired) electrons. The van der Waals surface area contributed by atoms with Crippen molar-refractivity contribution in [2.24, 2.45) is 0 Å². The number of hydrogen-bond acceptors (Lipinski definition) is 4. The lowest BCUT2D eigenvalue weighted by atomic mass is 10.0. The van der Waals surface area contributed by atoms with Gasteiger partial charge in [-0.2, -0.15) is 0 Å². The van der Waals surface area contributed by atoms with Gasteiger partial charge in [-0.25, -0.2) is 0 Å². The Morgan fingerprint density at radius 3 is 3.05 bits per heavy atom. The number of hydrogen-bond donors (Lipinski definition) is 0. The summed E-state index contributed by atoms with van der Waals surface area (Å²) in [6.07, 6.45) is 7.82. The molecular formula is C14H22N4O2. The molecule has 1 fully saturated rings. The molecule has 2 aliphatic heterocycles. The number of carbonyl (C=O) groups excluding carboxylic acids is 1. The van der Waals surface area contributed by atoms with Gasteiger partial charge < -0.3 is 9.64 Å². The Balaban J connectivity index is 1.69. The molecule has 0 N–H and O–H groups in total. The minimum absolute atomic E-state index is 0.243. The van der Waals surface area contributed by atoms with Crippen LogP contribution in [0.2, 0.25) is 0 Å². The number of fused-ring (bicyclic) bond motifs is 3. The van der Waals surface area contributed by atoms with E-state index in [1.807, 2.05) is 15.8 Å². The summed E-state index contributed by atoms with van der Waals surface area (Å²) in [5.74, 6) is 0.288. The van der Waals surface area contributed by atoms with Crippen molar-refractivity contribution in [3.05, 3.63) is 11.9 Å². The highest BCUT2D eigenvalue weighted by Crippen LogP contribution is 2.19. The van der Waals surface area contributed by atoms with Crippen molar-refractivity contribution in [3.8, 4) is 0 Å². The molecule has 2 aliphatic rings. The minimum atomic E-state index is 0.243. The number of aryl methyl sites for hydroxylation is 1. The van der Waals surface area contributed by atoms with Gasteiger partial charge in [0.1, 0.15) is 5.69 Å². The third kappa shape index (κ3) is 3.17. The second kappa shape index (κ2) is 6.35. The van der Waals surface area contributed by atoms with Crippen molar-refractivity contribution in [1.82, 2.24) is 19.9 Å². The fourth-order valence-electron chi connectivity index (χ4n) is 3.01. The number of ether oxygens (including phenoxy) is 1. The molecule has 2 bridgehead atoms. The Morgan fingerprint density at radius 2 is 2.10 bits per heavy atom. The molecule has 3 heterocycles. The molecule has 6 heteroatoms. The molecule has 0 saturated carbocycles. The van der Waals surface area contributed by atoms with Gasteiger partial charge in [0.05, 0.1) is 25.5 Å². The van der Waals surface area contributed by atoms with E-state index < -0.39 is 0 Å². The highest BCUT2D eigenvalue weighted by Gasteiger charge is 2.26. The van der Waals surface area contributed by atoms with Crippen molar-refractivity contribution < 1.29 is 9.53 Å². The molecule has 6 nitrogen and oxygen atoms in total. The molecule has 0 spiro atoms. The van der Waals surface area contributed by atoms with Gasteiger partial charge in [-0.1, -0.05) is 5.21 Å². The minimum Gasteiger partial charge on any atom is -0.373 e. The first kappa shape index (κ1) is 13.5. The fourth-order valence-corrected chi connectivity index (χ4v) is 3.01. The van der Waals surface area contributed by atoms with Gasteiger partial charge in [-0.15, -0.1) is 5.10 Å². The van der Waals surface area contributed by atoms with E-state index in [2.05, 4.69) is 10.3 Å². The number of rotatable bonds is 0. The number of nitrogens with zero attached hydrogens (tertiary/aromatic N) is 4. The zero-order chi connectivity index (χ0) is 13.8. The van der Waals surface area contributed by atoms with E-state index in [9.17, 15) is 4.79 Å². The molecule has 0 aromatic carbocycles. The first-order valence-corrected chi connectivity index (χ1v) is 7.59. The van der Waals surface area contributed by atoms with E-state index in [0.717, 1.165) is 44.5 Å². The van der Waals surface area contributed by atoms with Crippen LogP contribution in [0.15, 0.2) is 6.20 Å². The van der Waals surface area contributed by atoms with Crippen LogP contribution in [-0.4, -0.2) is 45.0 Å². The lowest BCUT2D eigenvalue weighted by molar-refractivity contribution is -0.136. The van der Waals surface area contributed by atoms with Gasteiger partial charge in [0, 0.05) is 19.5 Å². The second-order valence-electron chi connectivity index (χ2n) is 5.68. The molecule has 1 atom stereocenters. The van der Waals surface area contributed by atoms with Crippen LogP contribution in [0.25, 0.3) is 0 Å². The highest BCUT2D eigenvalue weighted by molar-refractivity contribution is 5.76. The maximum absolute atomic E-state index is 12.3. The van der Waals surface area contributed by atoms with Gasteiger partial charge in [0.2, 0.25) is 5.91 Å². The number of piperidine rings is 1. The van der Waals surface area contributed by atoms with E-state index in [4.69, 9.17) is 4.74 Å². The van der Waals surface area contributed by atoms with Gasteiger partial charge in [-0.3, -0.25) is 9.48 Å². The van der Waals surface area contributed by atoms with Crippen LogP contribution in [0, 0.1) is 0 Å². The molecule has 1 aromatic rings. The average molecular weight is 278 g/mol. The van der Waals surface area contributed by atoms with Gasteiger partial charge in [0.25, 0.3) is 0 Å². The molecule has 110 valence electrons. The summed E-state index contributed by atoms with van der Waals surface area (Å²) in [7, 11) is 0. The first-order chi connectivity index (χ1) is 9.83. The quantitative estimate of drug-likeness (QED) is 0.719. The van der Waals surface area contributed by atoms with Crippen LogP contribution >= 0.6 is 0 Å². The molecular weight excluding hydrogens is 256 g/mol. The van der Waals surface area contributed by atoms with E-state index in [-0.39, 0.29) is 11.9 Å². The Bertz CT molecular complexity index is 460. The summed E-state index contributed by atoms with van der Waals surface area (Å²) in [4.78, 5) is 14.3. The Kier molecular flexibility index (Phi) is 4.30. The molecule has 1 aromatic heterocycles. The van der Waals surface area contributed by atoms with Crippen LogP contribution in [0.4, 0.5) is 0 Å². The molecule has 1 unspecified atom stereocenters. The summed E-state index contributed by atoms with van der Waals surface area (Å²) in [5.41, 5.74) is 0.873. The predicted molar refractivity (Wildman–Crippen MR) is 72.9 cm³/mol. The van der Waals surface area contributed by atoms with Crippen molar-refractivity contribution in [3.63, 3.8) is 0 Å². The second-order valence-corrected chi connectivity index (χ2v) is 5.68. The van der Waals surface area contributed by atoms with Crippen molar-refractivity contribution in [2.75, 3.05) is 13.2 Å². The zero-order valence-electron chi connectivity index (χ0n) is 11.8. The van der Waals surface area contributed by atoms with E-state index in [0.29, 0.717) is 19.6 Å². The third-order valence-corrected chi connectivity index (χ3v) is 4.12. The Morgan fingerprint density at radius 1 is 1.20 bits per heavy atom. The van der Waals surface area contributed by atoms with Crippen LogP contribution in [0.1, 0.15) is 44.2 Å². The van der Waals surface area contributed by atoms with Gasteiger partial charge >= 0.3 is 0 Å². The molecule has 1 saturated heterocycles. The van der Waals surface area contributed by atoms with Gasteiger partial charge in [0.15, 0.2) is 0 Å². The number of amides is 1. The Labute approximate surface area is 119 Å². The topological polar surface area (TPSA) is 60.3 Å². The monoisotopic (exact) mass is 278 g/mol. The summed E-state index contributed by atoms with van der Waals surface area (Å²) >= 11 is 0. The average Bonchev–Trinajstić information content (AvgIpc) is 2.91. The van der Waals surface area contributed by atoms with Crippen molar-refractivity contribution in [1.29, 1.82) is 0 Å². The molecule has 3 rings (SSSR count). The predicted octanol–water partition coefficient (Wildman–Crippen LogP) is 1.36. The number of aromatic nitrogens is 3.